The van der Waals surface area contributed by atoms with Gasteiger partial charge < -0.3 is 15.2 Å². The van der Waals surface area contributed by atoms with E-state index < -0.39 is 6.09 Å². The monoisotopic (exact) mass is 372 g/mol. The number of benzene rings is 1. The van der Waals surface area contributed by atoms with E-state index in [4.69, 9.17) is 4.74 Å². The summed E-state index contributed by atoms with van der Waals surface area (Å²) in [5.41, 5.74) is 1.18. The van der Waals surface area contributed by atoms with Crippen LogP contribution in [-0.2, 0) is 11.2 Å². The van der Waals surface area contributed by atoms with E-state index in [-0.39, 0.29) is 17.9 Å². The number of carboxylic acid groups (broad SMARTS) is 1. The Bertz CT molecular complexity index is 783. The number of aryl methyl sites for hydroxylation is 1. The van der Waals surface area contributed by atoms with E-state index in [2.05, 4.69) is 15.3 Å². The quantitative estimate of drug-likeness (QED) is 0.737. The number of ether oxygens (including phenoxy) is 1. The first-order valence-electron chi connectivity index (χ1n) is 8.72. The van der Waals surface area contributed by atoms with E-state index in [1.165, 1.54) is 19.5 Å². The first-order chi connectivity index (χ1) is 13.0. The molecule has 0 spiro atoms. The smallest absolute Gasteiger partial charge is 0.419 e. The van der Waals surface area contributed by atoms with Gasteiger partial charge in [-0.05, 0) is 43.5 Å². The molecule has 0 aliphatic rings. The van der Waals surface area contributed by atoms with Crippen LogP contribution < -0.4 is 15.0 Å². The summed E-state index contributed by atoms with van der Waals surface area (Å²) in [6.45, 7) is 3.97. The molecule has 0 radical (unpaired) electrons. The molecule has 8 nitrogen and oxygen atoms in total. The molecule has 2 aromatic rings. The Kier molecular flexibility index (Phi) is 7.10. The Hall–Kier alpha value is -3.16. The van der Waals surface area contributed by atoms with Crippen LogP contribution in [0.1, 0.15) is 32.3 Å². The Morgan fingerprint density at radius 3 is 2.59 bits per heavy atom. The fraction of sp³-hybridized carbons (Fsp3) is 0.368. The number of hydrogen-bond donors (Lipinski definition) is 2. The van der Waals surface area contributed by atoms with Crippen LogP contribution in [0.15, 0.2) is 36.7 Å². The Balaban J connectivity index is 2.20. The minimum Gasteiger partial charge on any atom is -0.495 e. The van der Waals surface area contributed by atoms with E-state index >= 15 is 0 Å². The summed E-state index contributed by atoms with van der Waals surface area (Å²) in [6.07, 6.45) is 3.45. The first-order valence-corrected chi connectivity index (χ1v) is 8.72. The summed E-state index contributed by atoms with van der Waals surface area (Å²) in [5, 5.41) is 12.5. The maximum atomic E-state index is 11.9. The summed E-state index contributed by atoms with van der Waals surface area (Å²) in [7, 11) is 1.46. The normalized spacial score (nSPS) is 11.5. The van der Waals surface area contributed by atoms with Crippen molar-refractivity contribution < 1.29 is 19.4 Å². The van der Waals surface area contributed by atoms with E-state index in [1.54, 1.807) is 24.3 Å². The molecular weight excluding hydrogens is 348 g/mol. The molecule has 0 saturated heterocycles. The predicted molar refractivity (Wildman–Crippen MR) is 101 cm³/mol. The number of aromatic nitrogens is 2. The molecule has 8 heteroatoms. The summed E-state index contributed by atoms with van der Waals surface area (Å²) >= 11 is 0. The minimum atomic E-state index is -1.22. The molecule has 0 saturated carbocycles. The van der Waals surface area contributed by atoms with E-state index in [0.29, 0.717) is 24.3 Å². The predicted octanol–water partition coefficient (Wildman–Crippen LogP) is 3.15. The highest BCUT2D eigenvalue weighted by molar-refractivity contribution is 5.94. The summed E-state index contributed by atoms with van der Waals surface area (Å²) in [4.78, 5) is 32.6. The van der Waals surface area contributed by atoms with E-state index in [1.807, 2.05) is 13.8 Å². The molecule has 1 aromatic heterocycles. The number of hydrogen-bond acceptors (Lipinski definition) is 5. The second-order valence-corrected chi connectivity index (χ2v) is 6.05. The van der Waals surface area contributed by atoms with Crippen LogP contribution in [0, 0.1) is 0 Å². The fourth-order valence-corrected chi connectivity index (χ4v) is 2.47. The standard InChI is InChI=1S/C19H24N4O4/c1-4-13(2)22-17(24)9-7-14-6-8-15(16(12-14)27-3)23(19(25)26)18-20-10-5-11-21-18/h5-6,8,10-13H,4,7,9H2,1-3H3,(H,22,24)(H,25,26). The fourth-order valence-electron chi connectivity index (χ4n) is 2.47. The van der Waals surface area contributed by atoms with Crippen LogP contribution in [0.25, 0.3) is 0 Å². The zero-order chi connectivity index (χ0) is 19.8. The van der Waals surface area contributed by atoms with E-state index in [9.17, 15) is 14.7 Å². The number of carbonyl (C=O) groups excluding carboxylic acids is 1. The molecule has 27 heavy (non-hydrogen) atoms. The molecule has 0 bridgehead atoms. The van der Waals surface area contributed by atoms with Crippen LogP contribution in [-0.4, -0.2) is 40.2 Å². The Morgan fingerprint density at radius 1 is 1.30 bits per heavy atom. The van der Waals surface area contributed by atoms with Gasteiger partial charge in [-0.1, -0.05) is 13.0 Å². The van der Waals surface area contributed by atoms with Crippen molar-refractivity contribution in [2.45, 2.75) is 39.2 Å². The molecule has 1 atom stereocenters. The van der Waals surface area contributed by atoms with Crippen LogP contribution >= 0.6 is 0 Å². The molecule has 2 N–H and O–H groups in total. The van der Waals surface area contributed by atoms with Gasteiger partial charge in [-0.15, -0.1) is 0 Å². The average Bonchev–Trinajstić information content (AvgIpc) is 2.67. The summed E-state index contributed by atoms with van der Waals surface area (Å²) in [5.74, 6) is 0.380. The SMILES string of the molecule is CCC(C)NC(=O)CCc1ccc(N(C(=O)O)c2ncccn2)c(OC)c1. The highest BCUT2D eigenvalue weighted by Gasteiger charge is 2.23. The van der Waals surface area contributed by atoms with Gasteiger partial charge in [-0.2, -0.15) is 0 Å². The maximum Gasteiger partial charge on any atom is 0.419 e. The molecule has 144 valence electrons. The topological polar surface area (TPSA) is 105 Å². The lowest BCUT2D eigenvalue weighted by atomic mass is 10.1. The lowest BCUT2D eigenvalue weighted by Gasteiger charge is -2.20. The lowest BCUT2D eigenvalue weighted by molar-refractivity contribution is -0.121. The van der Waals surface area contributed by atoms with Gasteiger partial charge in [0.15, 0.2) is 0 Å². The van der Waals surface area contributed by atoms with Crippen molar-refractivity contribution in [1.29, 1.82) is 0 Å². The van der Waals surface area contributed by atoms with Gasteiger partial charge in [0.25, 0.3) is 0 Å². The van der Waals surface area contributed by atoms with Crippen molar-refractivity contribution in [3.05, 3.63) is 42.2 Å². The largest absolute Gasteiger partial charge is 0.495 e. The van der Waals surface area contributed by atoms with Gasteiger partial charge >= 0.3 is 6.09 Å². The number of nitrogens with zero attached hydrogens (tertiary/aromatic N) is 3. The first kappa shape index (κ1) is 20.2. The maximum absolute atomic E-state index is 11.9. The molecule has 1 unspecified atom stereocenters. The van der Waals surface area contributed by atoms with Crippen molar-refractivity contribution >= 4 is 23.6 Å². The molecule has 0 fully saturated rings. The van der Waals surface area contributed by atoms with Gasteiger partial charge in [0.2, 0.25) is 11.9 Å². The average molecular weight is 372 g/mol. The number of nitrogens with one attached hydrogen (secondary N) is 1. The lowest BCUT2D eigenvalue weighted by Crippen LogP contribution is -2.32. The van der Waals surface area contributed by atoms with Gasteiger partial charge in [0, 0.05) is 24.9 Å². The zero-order valence-corrected chi connectivity index (χ0v) is 15.7. The molecule has 1 heterocycles. The number of methoxy groups -OCH3 is 1. The number of amides is 2. The molecule has 0 aliphatic heterocycles. The highest BCUT2D eigenvalue weighted by atomic mass is 16.5. The highest BCUT2D eigenvalue weighted by Crippen LogP contribution is 2.33. The van der Waals surface area contributed by atoms with Crippen LogP contribution in [0.2, 0.25) is 0 Å². The van der Waals surface area contributed by atoms with Gasteiger partial charge in [-0.25, -0.2) is 19.7 Å². The molecule has 2 rings (SSSR count). The van der Waals surface area contributed by atoms with Crippen molar-refractivity contribution in [2.75, 3.05) is 12.0 Å². The summed E-state index contributed by atoms with van der Waals surface area (Å²) in [6, 6.07) is 6.88. The third-order valence-electron chi connectivity index (χ3n) is 4.09. The van der Waals surface area contributed by atoms with Gasteiger partial charge in [0.1, 0.15) is 5.75 Å². The Labute approximate surface area is 158 Å². The summed E-state index contributed by atoms with van der Waals surface area (Å²) < 4.78 is 5.37. The third-order valence-corrected chi connectivity index (χ3v) is 4.09. The number of carbonyl (C=O) groups is 2. The van der Waals surface area contributed by atoms with Crippen molar-refractivity contribution in [2.24, 2.45) is 0 Å². The molecule has 0 aliphatic carbocycles. The van der Waals surface area contributed by atoms with Crippen molar-refractivity contribution in [3.8, 4) is 5.75 Å². The van der Waals surface area contributed by atoms with E-state index in [0.717, 1.165) is 16.9 Å². The van der Waals surface area contributed by atoms with Crippen molar-refractivity contribution in [3.63, 3.8) is 0 Å². The molecule has 1 aromatic carbocycles. The minimum absolute atomic E-state index is 0.0164. The molecular formula is C19H24N4O4. The van der Waals surface area contributed by atoms with Gasteiger partial charge in [0.05, 0.1) is 12.8 Å². The van der Waals surface area contributed by atoms with Crippen LogP contribution in [0.5, 0.6) is 5.75 Å². The second-order valence-electron chi connectivity index (χ2n) is 6.05. The number of anilines is 2. The van der Waals surface area contributed by atoms with Crippen LogP contribution in [0.3, 0.4) is 0 Å². The third kappa shape index (κ3) is 5.40. The number of rotatable bonds is 8. The second kappa shape index (κ2) is 9.51. The van der Waals surface area contributed by atoms with Gasteiger partial charge in [-0.3, -0.25) is 4.79 Å². The zero-order valence-electron chi connectivity index (χ0n) is 15.7. The van der Waals surface area contributed by atoms with Crippen LogP contribution in [0.4, 0.5) is 16.4 Å². The van der Waals surface area contributed by atoms with Crippen molar-refractivity contribution in [1.82, 2.24) is 15.3 Å². The molecule has 2 amide bonds. The Morgan fingerprint density at radius 2 is 2.00 bits per heavy atom.